The summed E-state index contributed by atoms with van der Waals surface area (Å²) in [6, 6.07) is 52.0. The van der Waals surface area contributed by atoms with Crippen LogP contribution in [0.5, 0.6) is 57.5 Å². The highest BCUT2D eigenvalue weighted by molar-refractivity contribution is 7.10. The molecule has 11 aromatic rings. The fourth-order valence-electron chi connectivity index (χ4n) is 16.0. The lowest BCUT2D eigenvalue weighted by molar-refractivity contribution is -0.149. The molecule has 31 heteroatoms. The van der Waals surface area contributed by atoms with E-state index in [4.69, 9.17) is 78.7 Å². The van der Waals surface area contributed by atoms with Crippen molar-refractivity contribution in [1.82, 2.24) is 44.4 Å². The van der Waals surface area contributed by atoms with Crippen LogP contribution in [-0.2, 0) is 74.6 Å². The Morgan fingerprint density at radius 2 is 0.898 bits per heavy atom. The number of aromatic nitrogens is 3. The number of esters is 1. The molecule has 1 amide bonds. The summed E-state index contributed by atoms with van der Waals surface area (Å²) in [6.07, 6.45) is -3.11. The van der Waals surface area contributed by atoms with Gasteiger partial charge >= 0.3 is 12.1 Å². The molecule has 666 valence electrons. The van der Waals surface area contributed by atoms with E-state index in [1.54, 1.807) is 62.1 Å². The van der Waals surface area contributed by atoms with Crippen molar-refractivity contribution in [3.05, 3.63) is 275 Å². The molecule has 24 nitrogen and oxygen atoms in total. The number of thiazole rings is 3. The Morgan fingerprint density at radius 1 is 0.465 bits per heavy atom. The number of aryl methyl sites for hydroxylation is 1. The van der Waals surface area contributed by atoms with Crippen LogP contribution in [0.4, 0.5) is 24.5 Å². The number of hydrogen-bond donors (Lipinski definition) is 0. The van der Waals surface area contributed by atoms with Gasteiger partial charge in [-0.25, -0.2) is 15.0 Å². The zero-order valence-corrected chi connectivity index (χ0v) is 75.2. The van der Waals surface area contributed by atoms with Crippen LogP contribution in [0.15, 0.2) is 193 Å². The number of hydrogen-bond acceptors (Lipinski definition) is 26. The average molecular weight is 1810 g/mol. The molecule has 0 radical (unpaired) electrons. The number of alkyl halides is 3. The van der Waals surface area contributed by atoms with Gasteiger partial charge in [-0.15, -0.1) is 34.0 Å². The molecule has 3 fully saturated rings. The smallest absolute Gasteiger partial charge is 0.416 e. The van der Waals surface area contributed by atoms with Gasteiger partial charge in [-0.2, -0.15) is 13.2 Å². The van der Waals surface area contributed by atoms with Gasteiger partial charge in [-0.1, -0.05) is 103 Å². The van der Waals surface area contributed by atoms with E-state index >= 15 is 0 Å². The van der Waals surface area contributed by atoms with Gasteiger partial charge in [0, 0.05) is 150 Å². The minimum absolute atomic E-state index is 0.0735. The first-order valence-electron chi connectivity index (χ1n) is 42.1. The molecule has 0 atom stereocenters. The largest absolute Gasteiger partial charge is 0.497 e. The second kappa shape index (κ2) is 42.2. The van der Waals surface area contributed by atoms with Gasteiger partial charge in [0.2, 0.25) is 20.4 Å². The highest BCUT2D eigenvalue weighted by Crippen LogP contribution is 2.40. The highest BCUT2D eigenvalue weighted by atomic mass is 35.5. The van der Waals surface area contributed by atoms with E-state index in [-0.39, 0.29) is 38.2 Å². The van der Waals surface area contributed by atoms with Gasteiger partial charge in [-0.3, -0.25) is 24.3 Å². The van der Waals surface area contributed by atoms with Crippen molar-refractivity contribution in [1.29, 1.82) is 0 Å². The number of amides is 1. The summed E-state index contributed by atoms with van der Waals surface area (Å²) < 4.78 is 100. The van der Waals surface area contributed by atoms with Gasteiger partial charge in [0.1, 0.15) is 43.7 Å². The number of halogens is 4. The first kappa shape index (κ1) is 90.0. The van der Waals surface area contributed by atoms with Crippen molar-refractivity contribution in [3.8, 4) is 57.5 Å². The monoisotopic (exact) mass is 1810 g/mol. The van der Waals surface area contributed by atoms with E-state index in [2.05, 4.69) is 109 Å². The minimum Gasteiger partial charge on any atom is -0.497 e. The van der Waals surface area contributed by atoms with Gasteiger partial charge in [0.25, 0.3) is 5.91 Å². The summed E-state index contributed by atoms with van der Waals surface area (Å²) in [6.45, 7) is 26.7. The number of likely N-dealkylation sites (tertiary alicyclic amines) is 1. The number of benzene rings is 8. The molecular weight excluding hydrogens is 1700 g/mol. The number of piperidine rings is 1. The fraction of sp³-hybridized carbons (Fsp3) is 0.344. The number of rotatable bonds is 31. The minimum atomic E-state index is -4.37. The maximum atomic E-state index is 13.2. The summed E-state index contributed by atoms with van der Waals surface area (Å²) in [5.74, 6) is 7.24. The van der Waals surface area contributed by atoms with Crippen molar-refractivity contribution < 1.29 is 74.9 Å². The summed E-state index contributed by atoms with van der Waals surface area (Å²) >= 11 is 11.2. The molecule has 3 aromatic heterocycles. The number of ether oxygens (including phenoxy) is 11. The SMILES string of the molecule is C=C(c1csc(CN(Cc2ccc3c(c2)OCO3)Cc2ccc(OC)cc2OC)n1)N1CCN(c2cccc(C(F)(F)F)c2)CC1.C=C(c1csc(CN(Cc2ccc3c(c2)OCO3)Cc2ccc(OC)cc2OC)n1)N1CCN(c2ccccc2Cl)CC1.CCOC(=O)C1CCN(C(=O)c2csc(CN(Cc3ccc(C)cc3)Cc3ccc4c(c3)OCO4)n2)CC1. The van der Waals surface area contributed by atoms with E-state index in [0.717, 1.165) is 173 Å². The predicted molar refractivity (Wildman–Crippen MR) is 487 cm³/mol. The lowest BCUT2D eigenvalue weighted by Gasteiger charge is -2.38. The molecule has 0 aliphatic carbocycles. The topological polar surface area (TPSA) is 200 Å². The molecule has 6 aliphatic rings. The first-order valence-corrected chi connectivity index (χ1v) is 45.1. The number of methoxy groups -OCH3 is 4. The molecule has 127 heavy (non-hydrogen) atoms. The zero-order valence-electron chi connectivity index (χ0n) is 72.0. The lowest BCUT2D eigenvalue weighted by Crippen LogP contribution is -2.45. The summed E-state index contributed by atoms with van der Waals surface area (Å²) in [5.41, 5.74) is 12.9. The molecule has 17 rings (SSSR count). The molecule has 6 aliphatic heterocycles. The Labute approximate surface area is 755 Å². The van der Waals surface area contributed by atoms with Crippen LogP contribution in [0.25, 0.3) is 11.4 Å². The van der Waals surface area contributed by atoms with Crippen molar-refractivity contribution in [2.45, 2.75) is 91.8 Å². The van der Waals surface area contributed by atoms with E-state index in [1.807, 2.05) is 108 Å². The summed E-state index contributed by atoms with van der Waals surface area (Å²) in [4.78, 5) is 57.4. The van der Waals surface area contributed by atoms with Gasteiger partial charge in [0.05, 0.1) is 99.7 Å². The van der Waals surface area contributed by atoms with Crippen LogP contribution in [0, 0.1) is 12.8 Å². The van der Waals surface area contributed by atoms with E-state index in [0.29, 0.717) is 122 Å². The number of piperazine rings is 2. The molecule has 0 bridgehead atoms. The molecule has 9 heterocycles. The zero-order chi connectivity index (χ0) is 88.5. The molecule has 0 N–H and O–H groups in total. The average Bonchev–Trinajstić information content (AvgIpc) is 1.81. The lowest BCUT2D eigenvalue weighted by atomic mass is 9.97. The number of fused-ring (bicyclic) bond motifs is 3. The second-order valence-electron chi connectivity index (χ2n) is 31.4. The normalized spacial score (nSPS) is 14.7. The van der Waals surface area contributed by atoms with Crippen LogP contribution >= 0.6 is 45.6 Å². The Morgan fingerprint density at radius 3 is 1.35 bits per heavy atom. The van der Waals surface area contributed by atoms with E-state index < -0.39 is 11.7 Å². The molecule has 0 saturated carbocycles. The molecule has 0 spiro atoms. The predicted octanol–water partition coefficient (Wildman–Crippen LogP) is 18.2. The molecular formula is C96H103ClF3N11O13S3. The van der Waals surface area contributed by atoms with Crippen molar-refractivity contribution >= 4 is 80.3 Å². The third-order valence-corrected chi connectivity index (χ3v) is 25.7. The molecule has 8 aromatic carbocycles. The maximum absolute atomic E-state index is 13.2. The van der Waals surface area contributed by atoms with Crippen LogP contribution in [0.1, 0.15) is 101 Å². The summed E-state index contributed by atoms with van der Waals surface area (Å²) in [7, 11) is 6.63. The Hall–Kier alpha value is -11.8. The third kappa shape index (κ3) is 23.4. The van der Waals surface area contributed by atoms with Crippen LogP contribution < -0.4 is 57.2 Å². The number of anilines is 2. The van der Waals surface area contributed by atoms with Crippen LogP contribution in [0.3, 0.4) is 0 Å². The second-order valence-corrected chi connectivity index (χ2v) is 34.6. The number of carbonyl (C=O) groups excluding carboxylic acids is 2. The highest BCUT2D eigenvalue weighted by Gasteiger charge is 2.34. The number of nitrogens with zero attached hydrogens (tertiary/aromatic N) is 11. The van der Waals surface area contributed by atoms with Gasteiger partial charge in [-0.05, 0) is 128 Å². The maximum Gasteiger partial charge on any atom is 0.416 e. The van der Waals surface area contributed by atoms with Crippen LogP contribution in [0.2, 0.25) is 5.02 Å². The van der Waals surface area contributed by atoms with Crippen molar-refractivity contribution in [2.75, 3.05) is 131 Å². The Bertz CT molecular complexity index is 5620. The quantitative estimate of drug-likeness (QED) is 0.0371. The number of carbonyl (C=O) groups is 2. The molecule has 3 saturated heterocycles. The summed E-state index contributed by atoms with van der Waals surface area (Å²) in [5, 5.41) is 9.62. The van der Waals surface area contributed by atoms with E-state index in [1.165, 1.54) is 34.6 Å². The first-order chi connectivity index (χ1) is 61.7. The Balaban J connectivity index is 0.000000147. The fourth-order valence-corrected chi connectivity index (χ4v) is 18.7. The van der Waals surface area contributed by atoms with Crippen molar-refractivity contribution in [2.24, 2.45) is 5.92 Å². The van der Waals surface area contributed by atoms with Gasteiger partial charge in [0.15, 0.2) is 34.5 Å². The van der Waals surface area contributed by atoms with Crippen LogP contribution in [-0.4, -0.2) is 177 Å². The Kier molecular flexibility index (Phi) is 29.9. The van der Waals surface area contributed by atoms with Gasteiger partial charge < -0.3 is 76.6 Å². The van der Waals surface area contributed by atoms with Crippen molar-refractivity contribution in [3.63, 3.8) is 0 Å². The molecule has 0 unspecified atom stereocenters. The van der Waals surface area contributed by atoms with E-state index in [9.17, 15) is 22.8 Å². The standard InChI is InChI=1S/C34H35F3N4O4S.C33H35ClN4O4S.C29H33N3O5S/c1-23(40-11-13-41(14-12-40)27-6-4-5-26(16-27)34(35,36)37)29-21-46-33(38-29)20-39(18-24-7-10-30-32(15-24)45-22-44-30)19-25-8-9-28(42-2)17-31(25)43-3;1-23(37-12-14-38(15-13-37)29-7-5-4-6-27(29)34)28-21-43-33(35-28)20-36(18-24-8-11-30-32(16-24)42-22-41-30)19-25-9-10-26(39-2)17-31(25)40-3;1-3-35-29(34)23-10-12-32(13-11-23)28(33)24-18-38-27(30-24)17-31(15-21-6-4-20(2)5-7-21)16-22-8-9-25-26(14-22)37-19-36-25/h4-10,15-17,21H,1,11-14,18-20,22H2,2-3H3;4-11,16-17,21H,1,12-15,18-20,22H2,2-3H3;4-9,14,18,23H,3,10-13,15-17,19H2,1-2H3. The number of para-hydroxylation sites is 1. The third-order valence-electron chi connectivity index (χ3n) is 22.8.